The van der Waals surface area contributed by atoms with Gasteiger partial charge in [0.25, 0.3) is 5.91 Å². The van der Waals surface area contributed by atoms with Crippen LogP contribution in [0.15, 0.2) is 10.6 Å². The number of thiazole rings is 1. The molecule has 1 aliphatic heterocycles. The topological polar surface area (TPSA) is 105 Å². The summed E-state index contributed by atoms with van der Waals surface area (Å²) in [6.45, 7) is 2.40. The third-order valence-electron chi connectivity index (χ3n) is 3.25. The highest BCUT2D eigenvalue weighted by atomic mass is 32.2. The van der Waals surface area contributed by atoms with E-state index in [0.717, 1.165) is 10.6 Å². The van der Waals surface area contributed by atoms with Crippen LogP contribution in [0.1, 0.15) is 26.8 Å². The molecule has 2 aromatic heterocycles. The number of carbonyl (C=O) groups is 1. The van der Waals surface area contributed by atoms with Crippen LogP contribution in [0.4, 0.5) is 5.13 Å². The summed E-state index contributed by atoms with van der Waals surface area (Å²) in [6, 6.07) is 1.54. The van der Waals surface area contributed by atoms with Crippen molar-refractivity contribution in [3.8, 4) is 0 Å². The number of rotatable bonds is 3. The molecule has 1 aliphatic rings. The van der Waals surface area contributed by atoms with E-state index in [2.05, 4.69) is 15.5 Å². The van der Waals surface area contributed by atoms with E-state index in [0.29, 0.717) is 30.4 Å². The van der Waals surface area contributed by atoms with Gasteiger partial charge in [-0.1, -0.05) is 5.16 Å². The zero-order valence-corrected chi connectivity index (χ0v) is 13.6. The van der Waals surface area contributed by atoms with Gasteiger partial charge < -0.3 is 4.52 Å². The van der Waals surface area contributed by atoms with Crippen LogP contribution in [0.5, 0.6) is 0 Å². The molecule has 0 saturated heterocycles. The molecule has 0 saturated carbocycles. The Labute approximate surface area is 131 Å². The number of sulfonamides is 1. The van der Waals surface area contributed by atoms with Gasteiger partial charge in [0.2, 0.25) is 10.0 Å². The Balaban J connectivity index is 1.76. The van der Waals surface area contributed by atoms with Gasteiger partial charge in [0.1, 0.15) is 5.76 Å². The molecule has 0 radical (unpaired) electrons. The van der Waals surface area contributed by atoms with Gasteiger partial charge in [0.05, 0.1) is 11.9 Å². The molecule has 3 rings (SSSR count). The number of carbonyl (C=O) groups excluding carboxylic acids is 1. The number of fused-ring (bicyclic) bond motifs is 1. The van der Waals surface area contributed by atoms with Crippen LogP contribution in [0.25, 0.3) is 0 Å². The first-order chi connectivity index (χ1) is 10.3. The van der Waals surface area contributed by atoms with Crippen LogP contribution in [0, 0.1) is 6.92 Å². The summed E-state index contributed by atoms with van der Waals surface area (Å²) in [5, 5.41) is 6.74. The molecule has 0 bridgehead atoms. The number of aryl methyl sites for hydroxylation is 1. The minimum Gasteiger partial charge on any atom is -0.361 e. The van der Waals surface area contributed by atoms with E-state index in [1.54, 1.807) is 6.92 Å². The molecule has 8 nitrogen and oxygen atoms in total. The Morgan fingerprint density at radius 3 is 2.91 bits per heavy atom. The molecule has 0 aromatic carbocycles. The first-order valence-electron chi connectivity index (χ1n) is 6.51. The Bertz CT molecular complexity index is 824. The third kappa shape index (κ3) is 3.03. The van der Waals surface area contributed by atoms with Crippen molar-refractivity contribution >= 4 is 32.4 Å². The number of aromatic nitrogens is 2. The fraction of sp³-hybridized carbons (Fsp3) is 0.417. The minimum atomic E-state index is -3.22. The maximum absolute atomic E-state index is 12.0. The average Bonchev–Trinajstić information content (AvgIpc) is 3.02. The molecule has 1 amide bonds. The zero-order valence-electron chi connectivity index (χ0n) is 12.0. The maximum atomic E-state index is 12.0. The fourth-order valence-corrected chi connectivity index (χ4v) is 4.03. The summed E-state index contributed by atoms with van der Waals surface area (Å²) in [6.07, 6.45) is 1.73. The Kier molecular flexibility index (Phi) is 3.75. The summed E-state index contributed by atoms with van der Waals surface area (Å²) >= 11 is 1.28. The second-order valence-electron chi connectivity index (χ2n) is 5.01. The first-order valence-corrected chi connectivity index (χ1v) is 9.18. The van der Waals surface area contributed by atoms with E-state index in [1.165, 1.54) is 28.0 Å². The summed E-state index contributed by atoms with van der Waals surface area (Å²) < 4.78 is 29.4. The van der Waals surface area contributed by atoms with Crippen molar-refractivity contribution < 1.29 is 17.7 Å². The van der Waals surface area contributed by atoms with Gasteiger partial charge in [0.15, 0.2) is 10.8 Å². The molecule has 0 fully saturated rings. The maximum Gasteiger partial charge on any atom is 0.279 e. The molecular formula is C12H14N4O4S2. The van der Waals surface area contributed by atoms with Crippen LogP contribution in [0.3, 0.4) is 0 Å². The SMILES string of the molecule is Cc1cc(C(=O)Nc2nc3c(s2)CN(S(C)(=O)=O)CC3)no1. The lowest BCUT2D eigenvalue weighted by molar-refractivity contribution is 0.101. The van der Waals surface area contributed by atoms with Gasteiger partial charge >= 0.3 is 0 Å². The highest BCUT2D eigenvalue weighted by Crippen LogP contribution is 2.29. The lowest BCUT2D eigenvalue weighted by Crippen LogP contribution is -2.34. The second-order valence-corrected chi connectivity index (χ2v) is 8.08. The molecule has 118 valence electrons. The summed E-state index contributed by atoms with van der Waals surface area (Å²) in [4.78, 5) is 17.2. The molecule has 1 N–H and O–H groups in total. The molecule has 22 heavy (non-hydrogen) atoms. The normalized spacial score (nSPS) is 15.5. The number of amides is 1. The summed E-state index contributed by atoms with van der Waals surface area (Å²) in [7, 11) is -3.22. The van der Waals surface area contributed by atoms with Crippen molar-refractivity contribution in [2.75, 3.05) is 18.1 Å². The molecular weight excluding hydrogens is 328 g/mol. The van der Waals surface area contributed by atoms with Crippen molar-refractivity contribution in [3.05, 3.63) is 28.1 Å². The number of nitrogens with one attached hydrogen (secondary N) is 1. The first kappa shape index (κ1) is 15.1. The molecule has 0 atom stereocenters. The van der Waals surface area contributed by atoms with Crippen molar-refractivity contribution in [2.45, 2.75) is 19.9 Å². The third-order valence-corrected chi connectivity index (χ3v) is 5.49. The van der Waals surface area contributed by atoms with Gasteiger partial charge in [-0.3, -0.25) is 10.1 Å². The van der Waals surface area contributed by atoms with Crippen LogP contribution in [-0.4, -0.2) is 41.6 Å². The van der Waals surface area contributed by atoms with E-state index < -0.39 is 15.9 Å². The van der Waals surface area contributed by atoms with E-state index in [1.807, 2.05) is 0 Å². The number of nitrogens with zero attached hydrogens (tertiary/aromatic N) is 3. The summed E-state index contributed by atoms with van der Waals surface area (Å²) in [5.41, 5.74) is 1.01. The standard InChI is InChI=1S/C12H14N4O4S2/c1-7-5-9(15-20-7)11(17)14-12-13-8-3-4-16(22(2,18)19)6-10(8)21-12/h5H,3-4,6H2,1-2H3,(H,13,14,17). The number of anilines is 1. The van der Waals surface area contributed by atoms with E-state index in [9.17, 15) is 13.2 Å². The van der Waals surface area contributed by atoms with Crippen LogP contribution >= 0.6 is 11.3 Å². The lowest BCUT2D eigenvalue weighted by atomic mass is 10.2. The van der Waals surface area contributed by atoms with Crippen LogP contribution in [0.2, 0.25) is 0 Å². The second kappa shape index (κ2) is 5.45. The predicted molar refractivity (Wildman–Crippen MR) is 80.3 cm³/mol. The quantitative estimate of drug-likeness (QED) is 0.892. The van der Waals surface area contributed by atoms with Gasteiger partial charge in [0, 0.05) is 30.5 Å². The molecule has 0 aliphatic carbocycles. The smallest absolute Gasteiger partial charge is 0.279 e. The van der Waals surface area contributed by atoms with E-state index >= 15 is 0 Å². The lowest BCUT2D eigenvalue weighted by Gasteiger charge is -2.23. The predicted octanol–water partition coefficient (Wildman–Crippen LogP) is 1.01. The van der Waals surface area contributed by atoms with Gasteiger partial charge in [-0.15, -0.1) is 11.3 Å². The van der Waals surface area contributed by atoms with Crippen molar-refractivity contribution in [1.29, 1.82) is 0 Å². The molecule has 2 aromatic rings. The van der Waals surface area contributed by atoms with Crippen LogP contribution < -0.4 is 5.32 Å². The molecule has 3 heterocycles. The molecule has 0 unspecified atom stereocenters. The summed E-state index contributed by atoms with van der Waals surface area (Å²) in [5.74, 6) is 0.148. The monoisotopic (exact) mass is 342 g/mol. The van der Waals surface area contributed by atoms with E-state index in [4.69, 9.17) is 4.52 Å². The van der Waals surface area contributed by atoms with Gasteiger partial charge in [-0.05, 0) is 6.92 Å². The van der Waals surface area contributed by atoms with Crippen LogP contribution in [-0.2, 0) is 23.0 Å². The Morgan fingerprint density at radius 2 is 2.27 bits per heavy atom. The van der Waals surface area contributed by atoms with Gasteiger partial charge in [-0.2, -0.15) is 4.31 Å². The molecule has 0 spiro atoms. The minimum absolute atomic E-state index is 0.184. The van der Waals surface area contributed by atoms with Gasteiger partial charge in [-0.25, -0.2) is 13.4 Å². The average molecular weight is 342 g/mol. The fourth-order valence-electron chi connectivity index (χ4n) is 2.14. The molecule has 10 heteroatoms. The highest BCUT2D eigenvalue weighted by Gasteiger charge is 2.26. The largest absolute Gasteiger partial charge is 0.361 e. The Hall–Kier alpha value is -1.78. The Morgan fingerprint density at radius 1 is 1.50 bits per heavy atom. The zero-order chi connectivity index (χ0) is 15.9. The van der Waals surface area contributed by atoms with Crippen molar-refractivity contribution in [2.24, 2.45) is 0 Å². The van der Waals surface area contributed by atoms with Crippen molar-refractivity contribution in [3.63, 3.8) is 0 Å². The van der Waals surface area contributed by atoms with E-state index in [-0.39, 0.29) is 5.69 Å². The highest BCUT2D eigenvalue weighted by molar-refractivity contribution is 7.88. The number of hydrogen-bond donors (Lipinski definition) is 1. The van der Waals surface area contributed by atoms with Crippen molar-refractivity contribution in [1.82, 2.24) is 14.4 Å². The number of hydrogen-bond acceptors (Lipinski definition) is 7.